The zero-order chi connectivity index (χ0) is 18.8. The van der Waals surface area contributed by atoms with Gasteiger partial charge in [0.05, 0.1) is 19.8 Å². The second-order valence-electron chi connectivity index (χ2n) is 6.78. The summed E-state index contributed by atoms with van der Waals surface area (Å²) in [4.78, 5) is 18.4. The minimum absolute atomic E-state index is 0.0151. The summed E-state index contributed by atoms with van der Waals surface area (Å²) in [6.45, 7) is 9.80. The number of morpholine rings is 1. The van der Waals surface area contributed by atoms with Crippen molar-refractivity contribution in [3.05, 3.63) is 29.8 Å². The number of carbonyl (C=O) groups is 1. The Morgan fingerprint density at radius 3 is 2.62 bits per heavy atom. The SMILES string of the molecule is CC(C)C(=O)Nc1ccc(CN=C(N)NCCCN2CCOCC2)cc1. The average molecular weight is 361 g/mol. The summed E-state index contributed by atoms with van der Waals surface area (Å²) in [7, 11) is 0. The van der Waals surface area contributed by atoms with Crippen LogP contribution in [-0.2, 0) is 16.1 Å². The second kappa shape index (κ2) is 10.8. The molecule has 0 aromatic heterocycles. The van der Waals surface area contributed by atoms with Crippen molar-refractivity contribution >= 4 is 17.6 Å². The van der Waals surface area contributed by atoms with E-state index in [9.17, 15) is 4.79 Å². The Morgan fingerprint density at radius 2 is 1.96 bits per heavy atom. The van der Waals surface area contributed by atoms with E-state index >= 15 is 0 Å². The molecule has 7 heteroatoms. The molecule has 0 spiro atoms. The van der Waals surface area contributed by atoms with E-state index in [1.807, 2.05) is 38.1 Å². The van der Waals surface area contributed by atoms with E-state index in [4.69, 9.17) is 10.5 Å². The van der Waals surface area contributed by atoms with E-state index in [0.29, 0.717) is 12.5 Å². The molecule has 0 aliphatic carbocycles. The number of hydrogen-bond donors (Lipinski definition) is 3. The van der Waals surface area contributed by atoms with Gasteiger partial charge in [0.25, 0.3) is 0 Å². The number of nitrogens with two attached hydrogens (primary N) is 1. The quantitative estimate of drug-likeness (QED) is 0.370. The van der Waals surface area contributed by atoms with Crippen molar-refractivity contribution < 1.29 is 9.53 Å². The topological polar surface area (TPSA) is 92.0 Å². The summed E-state index contributed by atoms with van der Waals surface area (Å²) in [6, 6.07) is 7.67. The van der Waals surface area contributed by atoms with E-state index in [0.717, 1.165) is 57.1 Å². The molecular formula is C19H31N5O2. The number of aliphatic imine (C=N–C) groups is 1. The van der Waals surface area contributed by atoms with Crippen molar-refractivity contribution in [3.8, 4) is 0 Å². The van der Waals surface area contributed by atoms with Gasteiger partial charge in [-0.1, -0.05) is 26.0 Å². The third-order valence-electron chi connectivity index (χ3n) is 4.24. The number of nitrogens with zero attached hydrogens (tertiary/aromatic N) is 2. The predicted molar refractivity (Wildman–Crippen MR) is 105 cm³/mol. The molecule has 1 heterocycles. The van der Waals surface area contributed by atoms with Gasteiger partial charge in [-0.05, 0) is 30.7 Å². The lowest BCUT2D eigenvalue weighted by Crippen LogP contribution is -2.39. The molecule has 1 aromatic carbocycles. The number of carbonyl (C=O) groups excluding carboxylic acids is 1. The Morgan fingerprint density at radius 1 is 1.27 bits per heavy atom. The lowest BCUT2D eigenvalue weighted by molar-refractivity contribution is -0.118. The predicted octanol–water partition coefficient (Wildman–Crippen LogP) is 1.41. The third kappa shape index (κ3) is 7.41. The minimum atomic E-state index is -0.0339. The van der Waals surface area contributed by atoms with Gasteiger partial charge >= 0.3 is 0 Å². The molecule has 1 aliphatic rings. The molecule has 4 N–H and O–H groups in total. The number of nitrogens with one attached hydrogen (secondary N) is 2. The number of rotatable bonds is 8. The van der Waals surface area contributed by atoms with Crippen molar-refractivity contribution in [2.24, 2.45) is 16.6 Å². The molecule has 144 valence electrons. The van der Waals surface area contributed by atoms with Gasteiger partial charge in [-0.15, -0.1) is 0 Å². The molecule has 1 aliphatic heterocycles. The first-order chi connectivity index (χ1) is 12.5. The van der Waals surface area contributed by atoms with Crippen molar-refractivity contribution in [1.29, 1.82) is 0 Å². The Balaban J connectivity index is 1.66. The van der Waals surface area contributed by atoms with E-state index in [1.165, 1.54) is 0 Å². The highest BCUT2D eigenvalue weighted by Crippen LogP contribution is 2.11. The number of benzene rings is 1. The van der Waals surface area contributed by atoms with E-state index in [2.05, 4.69) is 20.5 Å². The van der Waals surface area contributed by atoms with Crippen molar-refractivity contribution in [2.75, 3.05) is 44.7 Å². The molecule has 7 nitrogen and oxygen atoms in total. The van der Waals surface area contributed by atoms with Gasteiger partial charge in [0.15, 0.2) is 5.96 Å². The monoisotopic (exact) mass is 361 g/mol. The Hall–Kier alpha value is -2.12. The van der Waals surface area contributed by atoms with Gasteiger partial charge in [-0.25, -0.2) is 4.99 Å². The lowest BCUT2D eigenvalue weighted by atomic mass is 10.2. The van der Waals surface area contributed by atoms with Gasteiger partial charge in [0.1, 0.15) is 0 Å². The van der Waals surface area contributed by atoms with Gasteiger partial charge < -0.3 is 21.1 Å². The molecule has 0 unspecified atom stereocenters. The van der Waals surface area contributed by atoms with E-state index in [1.54, 1.807) is 0 Å². The van der Waals surface area contributed by atoms with Gasteiger partial charge in [0.2, 0.25) is 5.91 Å². The molecule has 0 saturated carbocycles. The van der Waals surface area contributed by atoms with Crippen LogP contribution in [0.5, 0.6) is 0 Å². The van der Waals surface area contributed by atoms with Crippen LogP contribution < -0.4 is 16.4 Å². The Bertz CT molecular complexity index is 580. The highest BCUT2D eigenvalue weighted by molar-refractivity contribution is 5.92. The number of anilines is 1. The highest BCUT2D eigenvalue weighted by atomic mass is 16.5. The summed E-state index contributed by atoms with van der Waals surface area (Å²) >= 11 is 0. The van der Waals surface area contributed by atoms with Crippen LogP contribution in [0.1, 0.15) is 25.8 Å². The standard InChI is InChI=1S/C19H31N5O2/c1-15(2)18(25)23-17-6-4-16(5-7-17)14-22-19(20)21-8-3-9-24-10-12-26-13-11-24/h4-7,15H,3,8-14H2,1-2H3,(H,23,25)(H3,20,21,22). The molecule has 2 rings (SSSR count). The average Bonchev–Trinajstić information content (AvgIpc) is 2.65. The van der Waals surface area contributed by atoms with Crippen LogP contribution in [0.4, 0.5) is 5.69 Å². The second-order valence-corrected chi connectivity index (χ2v) is 6.78. The van der Waals surface area contributed by atoms with Crippen LogP contribution >= 0.6 is 0 Å². The smallest absolute Gasteiger partial charge is 0.226 e. The molecule has 0 radical (unpaired) electrons. The number of guanidine groups is 1. The summed E-state index contributed by atoms with van der Waals surface area (Å²) in [5, 5.41) is 6.03. The normalized spacial score (nSPS) is 15.9. The van der Waals surface area contributed by atoms with E-state index in [-0.39, 0.29) is 11.8 Å². The maximum absolute atomic E-state index is 11.7. The summed E-state index contributed by atoms with van der Waals surface area (Å²) < 4.78 is 5.34. The number of hydrogen-bond acceptors (Lipinski definition) is 4. The van der Waals surface area contributed by atoms with Crippen LogP contribution in [-0.4, -0.2) is 56.2 Å². The number of amides is 1. The largest absolute Gasteiger partial charge is 0.379 e. The molecule has 1 amide bonds. The molecule has 0 bridgehead atoms. The minimum Gasteiger partial charge on any atom is -0.379 e. The van der Waals surface area contributed by atoms with Gasteiger partial charge in [-0.3, -0.25) is 9.69 Å². The summed E-state index contributed by atoms with van der Waals surface area (Å²) in [5.41, 5.74) is 7.76. The maximum Gasteiger partial charge on any atom is 0.226 e. The first-order valence-electron chi connectivity index (χ1n) is 9.28. The van der Waals surface area contributed by atoms with Crippen LogP contribution in [0.25, 0.3) is 0 Å². The third-order valence-corrected chi connectivity index (χ3v) is 4.24. The fraction of sp³-hybridized carbons (Fsp3) is 0.579. The van der Waals surface area contributed by atoms with Crippen molar-refractivity contribution in [2.45, 2.75) is 26.8 Å². The first kappa shape index (κ1) is 20.2. The molecule has 1 fully saturated rings. The Kier molecular flexibility index (Phi) is 8.37. The first-order valence-corrected chi connectivity index (χ1v) is 9.28. The fourth-order valence-corrected chi connectivity index (χ4v) is 2.56. The molecule has 1 saturated heterocycles. The summed E-state index contributed by atoms with van der Waals surface area (Å²) in [6.07, 6.45) is 1.03. The van der Waals surface area contributed by atoms with Crippen LogP contribution in [0.3, 0.4) is 0 Å². The molecule has 0 atom stereocenters. The van der Waals surface area contributed by atoms with Crippen LogP contribution in [0.2, 0.25) is 0 Å². The highest BCUT2D eigenvalue weighted by Gasteiger charge is 2.09. The zero-order valence-electron chi connectivity index (χ0n) is 15.8. The van der Waals surface area contributed by atoms with Crippen molar-refractivity contribution in [3.63, 3.8) is 0 Å². The number of ether oxygens (including phenoxy) is 1. The molecule has 26 heavy (non-hydrogen) atoms. The van der Waals surface area contributed by atoms with Gasteiger partial charge in [0, 0.05) is 31.2 Å². The van der Waals surface area contributed by atoms with E-state index < -0.39 is 0 Å². The van der Waals surface area contributed by atoms with Crippen molar-refractivity contribution in [1.82, 2.24) is 10.2 Å². The van der Waals surface area contributed by atoms with Crippen LogP contribution in [0, 0.1) is 5.92 Å². The van der Waals surface area contributed by atoms with Gasteiger partial charge in [-0.2, -0.15) is 0 Å². The zero-order valence-corrected chi connectivity index (χ0v) is 15.8. The Labute approximate surface area is 156 Å². The van der Waals surface area contributed by atoms with Crippen LogP contribution in [0.15, 0.2) is 29.3 Å². The fourth-order valence-electron chi connectivity index (χ4n) is 2.56. The maximum atomic E-state index is 11.7. The lowest BCUT2D eigenvalue weighted by Gasteiger charge is -2.26. The molecular weight excluding hydrogens is 330 g/mol. The molecule has 1 aromatic rings. The summed E-state index contributed by atoms with van der Waals surface area (Å²) in [5.74, 6) is 0.443.